The van der Waals surface area contributed by atoms with Gasteiger partial charge in [-0.2, -0.15) is 5.10 Å². The van der Waals surface area contributed by atoms with Crippen molar-refractivity contribution in [2.45, 2.75) is 32.9 Å². The maximum atomic E-state index is 12.1. The van der Waals surface area contributed by atoms with Crippen molar-refractivity contribution in [3.63, 3.8) is 0 Å². The molecule has 8 heteroatoms. The summed E-state index contributed by atoms with van der Waals surface area (Å²) >= 11 is 3.27. The molecule has 0 saturated carbocycles. The molecule has 1 N–H and O–H groups in total. The van der Waals surface area contributed by atoms with E-state index in [0.717, 1.165) is 0 Å². The Balaban J connectivity index is 2.18. The quantitative estimate of drug-likeness (QED) is 0.870. The monoisotopic (exact) mass is 363 g/mol. The van der Waals surface area contributed by atoms with Crippen molar-refractivity contribution in [2.24, 2.45) is 5.92 Å². The summed E-state index contributed by atoms with van der Waals surface area (Å²) in [7, 11) is -2.94. The van der Waals surface area contributed by atoms with Gasteiger partial charge in [0, 0.05) is 12.6 Å². The van der Waals surface area contributed by atoms with Gasteiger partial charge in [-0.3, -0.25) is 4.79 Å². The molecule has 6 nitrogen and oxygen atoms in total. The largest absolute Gasteiger partial charge is 0.379 e. The number of nitrogens with zero attached hydrogens (tertiary/aromatic N) is 2. The molecule has 2 rings (SSSR count). The van der Waals surface area contributed by atoms with Crippen LogP contribution in [0.5, 0.6) is 0 Å². The third kappa shape index (κ3) is 3.60. The van der Waals surface area contributed by atoms with Crippen LogP contribution in [0.15, 0.2) is 15.5 Å². The second kappa shape index (κ2) is 5.85. The summed E-state index contributed by atoms with van der Waals surface area (Å²) in [6, 6.07) is -0.154. The van der Waals surface area contributed by atoms with Crippen molar-refractivity contribution < 1.29 is 8.42 Å². The van der Waals surface area contributed by atoms with Crippen LogP contribution >= 0.6 is 15.9 Å². The number of halogens is 1. The van der Waals surface area contributed by atoms with Crippen molar-refractivity contribution in [3.05, 3.63) is 21.0 Å². The van der Waals surface area contributed by atoms with Crippen LogP contribution < -0.4 is 10.9 Å². The van der Waals surface area contributed by atoms with Gasteiger partial charge in [0.25, 0.3) is 5.56 Å². The molecule has 1 aliphatic heterocycles. The van der Waals surface area contributed by atoms with Gasteiger partial charge in [-0.25, -0.2) is 13.1 Å². The van der Waals surface area contributed by atoms with Crippen molar-refractivity contribution >= 4 is 31.5 Å². The smallest absolute Gasteiger partial charge is 0.283 e. The Morgan fingerprint density at radius 1 is 1.55 bits per heavy atom. The van der Waals surface area contributed by atoms with Gasteiger partial charge in [0.05, 0.1) is 23.4 Å². The minimum atomic E-state index is -2.94. The van der Waals surface area contributed by atoms with Gasteiger partial charge in [-0.1, -0.05) is 13.8 Å². The fraction of sp³-hybridized carbons (Fsp3) is 0.667. The molecule has 1 aromatic heterocycles. The van der Waals surface area contributed by atoms with Gasteiger partial charge in [-0.05, 0) is 28.3 Å². The van der Waals surface area contributed by atoms with Crippen LogP contribution in [0.25, 0.3) is 0 Å². The van der Waals surface area contributed by atoms with E-state index < -0.39 is 9.84 Å². The first kappa shape index (κ1) is 15.5. The van der Waals surface area contributed by atoms with Gasteiger partial charge < -0.3 is 5.32 Å². The first-order chi connectivity index (χ1) is 9.28. The topological polar surface area (TPSA) is 81.1 Å². The van der Waals surface area contributed by atoms with E-state index in [2.05, 4.69) is 26.3 Å². The summed E-state index contributed by atoms with van der Waals surface area (Å²) in [5, 5.41) is 7.20. The molecule has 1 aliphatic rings. The molecule has 0 aliphatic carbocycles. The van der Waals surface area contributed by atoms with E-state index >= 15 is 0 Å². The minimum absolute atomic E-state index is 0.106. The first-order valence-electron chi connectivity index (χ1n) is 6.51. The van der Waals surface area contributed by atoms with Crippen molar-refractivity contribution in [3.8, 4) is 0 Å². The third-order valence-electron chi connectivity index (χ3n) is 3.12. The molecule has 112 valence electrons. The Kier molecular flexibility index (Phi) is 4.53. The number of anilines is 1. The van der Waals surface area contributed by atoms with Crippen LogP contribution in [0.3, 0.4) is 0 Å². The number of aromatic nitrogens is 2. The summed E-state index contributed by atoms with van der Waals surface area (Å²) in [6.07, 6.45) is 2.13. The lowest BCUT2D eigenvalue weighted by molar-refractivity contribution is 0.462. The molecule has 0 aromatic carbocycles. The van der Waals surface area contributed by atoms with E-state index in [9.17, 15) is 13.2 Å². The number of hydrogen-bond donors (Lipinski definition) is 1. The molecule has 2 heterocycles. The predicted octanol–water partition coefficient (Wildman–Crippen LogP) is 1.26. The summed E-state index contributed by atoms with van der Waals surface area (Å²) in [5.41, 5.74) is 0.349. The van der Waals surface area contributed by atoms with Crippen molar-refractivity contribution in [1.29, 1.82) is 0 Å². The maximum Gasteiger partial charge on any atom is 0.283 e. The average molecular weight is 364 g/mol. The van der Waals surface area contributed by atoms with Crippen LogP contribution in [0.1, 0.15) is 20.3 Å². The van der Waals surface area contributed by atoms with Crippen molar-refractivity contribution in [2.75, 3.05) is 16.8 Å². The van der Waals surface area contributed by atoms with E-state index in [-0.39, 0.29) is 23.1 Å². The van der Waals surface area contributed by atoms with E-state index in [1.807, 2.05) is 13.8 Å². The molecule has 0 spiro atoms. The Labute approximate surface area is 126 Å². The second-order valence-corrected chi connectivity index (χ2v) is 8.52. The zero-order valence-corrected chi connectivity index (χ0v) is 13.9. The summed E-state index contributed by atoms with van der Waals surface area (Å²) in [4.78, 5) is 12.1. The molecule has 1 atom stereocenters. The van der Waals surface area contributed by atoms with E-state index in [4.69, 9.17) is 0 Å². The van der Waals surface area contributed by atoms with Gasteiger partial charge in [0.15, 0.2) is 9.84 Å². The first-order valence-corrected chi connectivity index (χ1v) is 9.12. The molecule has 0 bridgehead atoms. The normalized spacial score (nSPS) is 21.3. The lowest BCUT2D eigenvalue weighted by Crippen LogP contribution is -2.28. The van der Waals surface area contributed by atoms with E-state index in [0.29, 0.717) is 29.0 Å². The summed E-state index contributed by atoms with van der Waals surface area (Å²) in [5.74, 6) is 0.625. The maximum absolute atomic E-state index is 12.1. The summed E-state index contributed by atoms with van der Waals surface area (Å²) in [6.45, 7) is 4.57. The van der Waals surface area contributed by atoms with Crippen LogP contribution in [0, 0.1) is 5.92 Å². The van der Waals surface area contributed by atoms with Gasteiger partial charge in [0.2, 0.25) is 0 Å². The fourth-order valence-corrected chi connectivity index (χ4v) is 4.27. The molecule has 1 saturated heterocycles. The summed E-state index contributed by atoms with van der Waals surface area (Å²) < 4.78 is 24.7. The highest BCUT2D eigenvalue weighted by atomic mass is 79.9. The van der Waals surface area contributed by atoms with Crippen molar-refractivity contribution in [1.82, 2.24) is 9.78 Å². The Morgan fingerprint density at radius 2 is 2.25 bits per heavy atom. The molecule has 0 amide bonds. The Hall–Kier alpha value is -0.890. The van der Waals surface area contributed by atoms with Crippen LogP contribution in [0.4, 0.5) is 5.69 Å². The lowest BCUT2D eigenvalue weighted by atomic mass is 10.2. The zero-order valence-electron chi connectivity index (χ0n) is 11.5. The van der Waals surface area contributed by atoms with Crippen LogP contribution in [-0.4, -0.2) is 35.7 Å². The lowest BCUT2D eigenvalue weighted by Gasteiger charge is -2.15. The number of nitrogens with one attached hydrogen (secondary N) is 1. The number of hydrogen-bond acceptors (Lipinski definition) is 5. The molecular formula is C12H18BrN3O3S. The van der Waals surface area contributed by atoms with Crippen LogP contribution in [0.2, 0.25) is 0 Å². The highest BCUT2D eigenvalue weighted by molar-refractivity contribution is 9.10. The number of sulfone groups is 1. The zero-order chi connectivity index (χ0) is 14.9. The van der Waals surface area contributed by atoms with E-state index in [1.54, 1.807) is 6.20 Å². The molecule has 1 unspecified atom stereocenters. The average Bonchev–Trinajstić information content (AvgIpc) is 2.68. The van der Waals surface area contributed by atoms with Crippen LogP contribution in [-0.2, 0) is 16.4 Å². The fourth-order valence-electron chi connectivity index (χ4n) is 2.17. The van der Waals surface area contributed by atoms with Gasteiger partial charge >= 0.3 is 0 Å². The highest BCUT2D eigenvalue weighted by Gasteiger charge is 2.28. The van der Waals surface area contributed by atoms with Gasteiger partial charge in [0.1, 0.15) is 4.47 Å². The molecule has 0 radical (unpaired) electrons. The number of rotatable bonds is 4. The standard InChI is InChI=1S/C12H18BrN3O3S/c1-8(2)6-16-12(17)11(13)10(5-14-16)15-9-3-4-20(18,19)7-9/h5,8-9,15H,3-4,6-7H2,1-2H3. The molecule has 20 heavy (non-hydrogen) atoms. The molecule has 1 aromatic rings. The van der Waals surface area contributed by atoms with Gasteiger partial charge in [-0.15, -0.1) is 0 Å². The molecular weight excluding hydrogens is 346 g/mol. The second-order valence-electron chi connectivity index (χ2n) is 5.50. The highest BCUT2D eigenvalue weighted by Crippen LogP contribution is 2.21. The predicted molar refractivity (Wildman–Crippen MR) is 81.7 cm³/mol. The third-order valence-corrected chi connectivity index (χ3v) is 5.65. The minimum Gasteiger partial charge on any atom is -0.379 e. The molecule has 1 fully saturated rings. The SMILES string of the molecule is CC(C)Cn1ncc(NC2CCS(=O)(=O)C2)c(Br)c1=O. The Morgan fingerprint density at radius 3 is 2.80 bits per heavy atom. The van der Waals surface area contributed by atoms with E-state index in [1.165, 1.54) is 4.68 Å². The Bertz CT molecular complexity index is 654.